The first-order valence-electron chi connectivity index (χ1n) is 8.73. The van der Waals surface area contributed by atoms with Gasteiger partial charge in [-0.2, -0.15) is 0 Å². The van der Waals surface area contributed by atoms with E-state index in [1.807, 2.05) is 12.1 Å². The molecule has 0 saturated heterocycles. The third-order valence-corrected chi connectivity index (χ3v) is 6.51. The maximum Gasteiger partial charge on any atom is 0.249 e. The molecule has 1 N–H and O–H groups in total. The first-order chi connectivity index (χ1) is 14.2. The van der Waals surface area contributed by atoms with E-state index in [9.17, 15) is 13.2 Å². The van der Waals surface area contributed by atoms with Crippen molar-refractivity contribution in [3.63, 3.8) is 0 Å². The van der Waals surface area contributed by atoms with Crippen LogP contribution in [0.4, 0.5) is 10.8 Å². The van der Waals surface area contributed by atoms with Gasteiger partial charge in [0.1, 0.15) is 16.8 Å². The number of nitrogens with one attached hydrogen (secondary N) is 1. The summed E-state index contributed by atoms with van der Waals surface area (Å²) < 4.78 is 30.8. The van der Waals surface area contributed by atoms with Crippen LogP contribution in [0, 0.1) is 0 Å². The lowest BCUT2D eigenvalue weighted by Gasteiger charge is -2.27. The second-order valence-electron chi connectivity index (χ2n) is 6.34. The first kappa shape index (κ1) is 22.0. The van der Waals surface area contributed by atoms with Gasteiger partial charge >= 0.3 is 0 Å². The van der Waals surface area contributed by atoms with Gasteiger partial charge in [0, 0.05) is 10.6 Å². The zero-order chi connectivity index (χ0) is 21.9. The maximum atomic E-state index is 12.8. The van der Waals surface area contributed by atoms with E-state index >= 15 is 0 Å². The molecule has 0 spiro atoms. The molecule has 30 heavy (non-hydrogen) atoms. The molecular weight excluding hydrogens is 448 g/mol. The van der Waals surface area contributed by atoms with Crippen molar-refractivity contribution in [3.8, 4) is 16.3 Å². The average molecular weight is 467 g/mol. The van der Waals surface area contributed by atoms with Crippen molar-refractivity contribution in [2.75, 3.05) is 23.0 Å². The average Bonchev–Trinajstić information content (AvgIpc) is 3.15. The highest BCUT2D eigenvalue weighted by Gasteiger charge is 2.30. The molecule has 0 saturated carbocycles. The van der Waals surface area contributed by atoms with Crippen LogP contribution in [0.1, 0.15) is 6.92 Å². The molecule has 3 rings (SSSR count). The quantitative estimate of drug-likeness (QED) is 0.570. The van der Waals surface area contributed by atoms with E-state index in [-0.39, 0.29) is 5.13 Å². The van der Waals surface area contributed by atoms with E-state index in [2.05, 4.69) is 15.5 Å². The molecule has 11 heteroatoms. The number of methoxy groups -OCH3 is 1. The minimum atomic E-state index is -3.75. The van der Waals surface area contributed by atoms with Crippen molar-refractivity contribution in [2.45, 2.75) is 13.0 Å². The molecule has 8 nitrogen and oxygen atoms in total. The standard InChI is InChI=1S/C19H19ClN4O4S2/c1-12(24(30(3,26)27)15-6-4-5-14(20)11-15)17(25)21-19-23-22-18(29-19)13-7-9-16(28-2)10-8-13/h4-12H,1-3H3,(H,21,23,25). The lowest BCUT2D eigenvalue weighted by Crippen LogP contribution is -2.45. The number of amides is 1. The lowest BCUT2D eigenvalue weighted by atomic mass is 10.2. The normalized spacial score (nSPS) is 12.3. The molecule has 2 aromatic carbocycles. The Morgan fingerprint density at radius 1 is 1.20 bits per heavy atom. The summed E-state index contributed by atoms with van der Waals surface area (Å²) in [6.45, 7) is 1.49. The molecule has 0 bridgehead atoms. The molecule has 0 aliphatic heterocycles. The number of carbonyl (C=O) groups excluding carboxylic acids is 1. The van der Waals surface area contributed by atoms with E-state index in [1.165, 1.54) is 24.3 Å². The maximum absolute atomic E-state index is 12.8. The van der Waals surface area contributed by atoms with Crippen molar-refractivity contribution in [1.29, 1.82) is 0 Å². The van der Waals surface area contributed by atoms with Crippen LogP contribution in [0.15, 0.2) is 48.5 Å². The summed E-state index contributed by atoms with van der Waals surface area (Å²) in [6, 6.07) is 12.5. The second kappa shape index (κ2) is 8.99. The van der Waals surface area contributed by atoms with Gasteiger partial charge in [-0.05, 0) is 49.4 Å². The fourth-order valence-electron chi connectivity index (χ4n) is 2.76. The summed E-state index contributed by atoms with van der Waals surface area (Å²) in [7, 11) is -2.17. The Morgan fingerprint density at radius 3 is 2.50 bits per heavy atom. The number of carbonyl (C=O) groups is 1. The van der Waals surface area contributed by atoms with E-state index in [0.717, 1.165) is 16.1 Å². The summed E-state index contributed by atoms with van der Waals surface area (Å²) in [5.41, 5.74) is 1.11. The van der Waals surface area contributed by atoms with Crippen LogP contribution in [-0.2, 0) is 14.8 Å². The number of halogens is 1. The van der Waals surface area contributed by atoms with Gasteiger partial charge in [0.2, 0.25) is 21.1 Å². The number of sulfonamides is 1. The topological polar surface area (TPSA) is 101 Å². The summed E-state index contributed by atoms with van der Waals surface area (Å²) >= 11 is 7.17. The number of ether oxygens (including phenoxy) is 1. The third-order valence-electron chi connectivity index (χ3n) is 4.14. The van der Waals surface area contributed by atoms with Crippen molar-refractivity contribution >= 4 is 49.7 Å². The molecule has 1 amide bonds. The fourth-order valence-corrected chi connectivity index (χ4v) is 4.86. The molecule has 1 aromatic heterocycles. The molecule has 1 heterocycles. The minimum absolute atomic E-state index is 0.261. The molecule has 1 unspecified atom stereocenters. The van der Waals surface area contributed by atoms with Crippen LogP contribution in [0.2, 0.25) is 5.02 Å². The third kappa shape index (κ3) is 5.07. The first-order valence-corrected chi connectivity index (χ1v) is 11.8. The van der Waals surface area contributed by atoms with Gasteiger partial charge in [-0.25, -0.2) is 8.42 Å². The lowest BCUT2D eigenvalue weighted by molar-refractivity contribution is -0.116. The van der Waals surface area contributed by atoms with Crippen molar-refractivity contribution in [3.05, 3.63) is 53.6 Å². The second-order valence-corrected chi connectivity index (χ2v) is 9.62. The molecular formula is C19H19ClN4O4S2. The van der Waals surface area contributed by atoms with Crippen LogP contribution < -0.4 is 14.4 Å². The van der Waals surface area contributed by atoms with Crippen LogP contribution in [0.5, 0.6) is 5.75 Å². The molecule has 0 aliphatic carbocycles. The molecule has 0 fully saturated rings. The Labute approximate surface area is 183 Å². The fraction of sp³-hybridized carbons (Fsp3) is 0.211. The van der Waals surface area contributed by atoms with Gasteiger partial charge in [-0.3, -0.25) is 14.4 Å². The van der Waals surface area contributed by atoms with E-state index in [4.69, 9.17) is 16.3 Å². The number of hydrogen-bond donors (Lipinski definition) is 1. The van der Waals surface area contributed by atoms with E-state index < -0.39 is 22.0 Å². The Balaban J connectivity index is 1.79. The Hall–Kier alpha value is -2.69. The number of nitrogens with zero attached hydrogens (tertiary/aromatic N) is 3. The summed E-state index contributed by atoms with van der Waals surface area (Å²) in [6.07, 6.45) is 1.03. The SMILES string of the molecule is COc1ccc(-c2nnc(NC(=O)C(C)N(c3cccc(Cl)c3)S(C)(=O)=O)s2)cc1. The molecule has 0 radical (unpaired) electrons. The number of anilines is 2. The zero-order valence-corrected chi connectivity index (χ0v) is 18.8. The Kier molecular flexibility index (Phi) is 6.59. The number of rotatable bonds is 7. The van der Waals surface area contributed by atoms with Crippen molar-refractivity contribution in [1.82, 2.24) is 10.2 Å². The minimum Gasteiger partial charge on any atom is -0.497 e. The largest absolute Gasteiger partial charge is 0.497 e. The monoisotopic (exact) mass is 466 g/mol. The van der Waals surface area contributed by atoms with Gasteiger partial charge in [0.25, 0.3) is 0 Å². The number of benzene rings is 2. The molecule has 1 atom stereocenters. The van der Waals surface area contributed by atoms with E-state index in [0.29, 0.717) is 21.5 Å². The van der Waals surface area contributed by atoms with Crippen LogP contribution in [-0.4, -0.2) is 43.9 Å². The highest BCUT2D eigenvalue weighted by molar-refractivity contribution is 7.92. The Bertz CT molecular complexity index is 1150. The summed E-state index contributed by atoms with van der Waals surface area (Å²) in [4.78, 5) is 12.8. The number of hydrogen-bond acceptors (Lipinski definition) is 7. The van der Waals surface area contributed by atoms with Crippen molar-refractivity contribution in [2.24, 2.45) is 0 Å². The molecule has 3 aromatic rings. The highest BCUT2D eigenvalue weighted by Crippen LogP contribution is 2.29. The summed E-state index contributed by atoms with van der Waals surface area (Å²) in [5.74, 6) is 0.172. The highest BCUT2D eigenvalue weighted by atomic mass is 35.5. The predicted molar refractivity (Wildman–Crippen MR) is 119 cm³/mol. The smallest absolute Gasteiger partial charge is 0.249 e. The zero-order valence-electron chi connectivity index (χ0n) is 16.4. The predicted octanol–water partition coefficient (Wildman–Crippen LogP) is 3.66. The van der Waals surface area contributed by atoms with Gasteiger partial charge in [0.05, 0.1) is 19.1 Å². The van der Waals surface area contributed by atoms with Crippen molar-refractivity contribution < 1.29 is 17.9 Å². The van der Waals surface area contributed by atoms with Gasteiger partial charge in [-0.1, -0.05) is 29.0 Å². The molecule has 158 valence electrons. The van der Waals surface area contributed by atoms with Gasteiger partial charge in [0.15, 0.2) is 0 Å². The molecule has 0 aliphatic rings. The Morgan fingerprint density at radius 2 is 1.90 bits per heavy atom. The van der Waals surface area contributed by atoms with Gasteiger partial charge < -0.3 is 4.74 Å². The van der Waals surface area contributed by atoms with Crippen LogP contribution in [0.3, 0.4) is 0 Å². The van der Waals surface area contributed by atoms with E-state index in [1.54, 1.807) is 37.4 Å². The van der Waals surface area contributed by atoms with Gasteiger partial charge in [-0.15, -0.1) is 10.2 Å². The number of aromatic nitrogens is 2. The van der Waals surface area contributed by atoms with Crippen LogP contribution >= 0.6 is 22.9 Å². The summed E-state index contributed by atoms with van der Waals surface area (Å²) in [5, 5.41) is 11.9. The van der Waals surface area contributed by atoms with Crippen LogP contribution in [0.25, 0.3) is 10.6 Å².